The minimum Gasteiger partial charge on any atom is -0.365 e. The molecule has 0 heterocycles. The van der Waals surface area contributed by atoms with E-state index in [9.17, 15) is 13.2 Å². The molecule has 1 aliphatic carbocycles. The molecular formula is C15H14F3O. The molecule has 4 heteroatoms. The lowest BCUT2D eigenvalue weighted by Crippen LogP contribution is -2.29. The normalized spacial score (nSPS) is 26.7. The Morgan fingerprint density at radius 3 is 2.26 bits per heavy atom. The van der Waals surface area contributed by atoms with Crippen molar-refractivity contribution in [2.45, 2.75) is 11.8 Å². The van der Waals surface area contributed by atoms with Crippen molar-refractivity contribution in [3.05, 3.63) is 66.6 Å². The van der Waals surface area contributed by atoms with E-state index in [2.05, 4.69) is 6.92 Å². The maximum absolute atomic E-state index is 13.1. The van der Waals surface area contributed by atoms with Crippen LogP contribution in [-0.4, -0.2) is 7.11 Å². The molecule has 0 aromatic heterocycles. The Balaban J connectivity index is 2.58. The molecule has 19 heavy (non-hydrogen) atoms. The highest BCUT2D eigenvalue weighted by atomic mass is 19.4. The van der Waals surface area contributed by atoms with Gasteiger partial charge >= 0.3 is 6.18 Å². The van der Waals surface area contributed by atoms with Crippen LogP contribution in [0.15, 0.2) is 48.6 Å². The highest BCUT2D eigenvalue weighted by molar-refractivity contribution is 5.43. The number of halogens is 3. The minimum atomic E-state index is -4.41. The fourth-order valence-corrected chi connectivity index (χ4v) is 2.15. The first kappa shape index (κ1) is 13.9. The largest absolute Gasteiger partial charge is 0.416 e. The van der Waals surface area contributed by atoms with Crippen molar-refractivity contribution in [3.63, 3.8) is 0 Å². The minimum absolute atomic E-state index is 0.0543. The molecule has 1 nitrogen and oxygen atoms in total. The van der Waals surface area contributed by atoms with Gasteiger partial charge in [-0.1, -0.05) is 30.4 Å². The summed E-state index contributed by atoms with van der Waals surface area (Å²) >= 11 is 0. The van der Waals surface area contributed by atoms with Gasteiger partial charge in [-0.15, -0.1) is 0 Å². The van der Waals surface area contributed by atoms with Crippen molar-refractivity contribution >= 4 is 0 Å². The van der Waals surface area contributed by atoms with Gasteiger partial charge in [0.15, 0.2) is 0 Å². The van der Waals surface area contributed by atoms with Crippen molar-refractivity contribution in [1.29, 1.82) is 0 Å². The maximum Gasteiger partial charge on any atom is 0.416 e. The van der Waals surface area contributed by atoms with Crippen LogP contribution in [0.5, 0.6) is 0 Å². The van der Waals surface area contributed by atoms with Crippen molar-refractivity contribution < 1.29 is 17.9 Å². The van der Waals surface area contributed by atoms with Gasteiger partial charge in [0.05, 0.1) is 5.56 Å². The first-order valence-corrected chi connectivity index (χ1v) is 5.83. The fourth-order valence-electron chi connectivity index (χ4n) is 2.15. The van der Waals surface area contributed by atoms with Gasteiger partial charge in [0.2, 0.25) is 0 Å². The van der Waals surface area contributed by atoms with Gasteiger partial charge in [0.25, 0.3) is 0 Å². The monoisotopic (exact) mass is 267 g/mol. The predicted molar refractivity (Wildman–Crippen MR) is 67.3 cm³/mol. The predicted octanol–water partition coefficient (Wildman–Crippen LogP) is 4.12. The van der Waals surface area contributed by atoms with Gasteiger partial charge in [-0.2, -0.15) is 13.2 Å². The Morgan fingerprint density at radius 1 is 1.16 bits per heavy atom. The molecule has 101 valence electrons. The van der Waals surface area contributed by atoms with E-state index in [0.717, 1.165) is 6.07 Å². The highest BCUT2D eigenvalue weighted by Gasteiger charge is 2.40. The first-order valence-electron chi connectivity index (χ1n) is 5.83. The Morgan fingerprint density at radius 2 is 1.74 bits per heavy atom. The van der Waals surface area contributed by atoms with E-state index in [0.29, 0.717) is 0 Å². The molecular weight excluding hydrogens is 253 g/mol. The zero-order valence-electron chi connectivity index (χ0n) is 10.4. The number of hydrogen-bond donors (Lipinski definition) is 0. The molecule has 0 aliphatic heterocycles. The summed E-state index contributed by atoms with van der Waals surface area (Å²) < 4.78 is 44.6. The van der Waals surface area contributed by atoms with E-state index in [4.69, 9.17) is 4.74 Å². The van der Waals surface area contributed by atoms with Gasteiger partial charge < -0.3 is 4.74 Å². The molecule has 0 saturated heterocycles. The number of allylic oxidation sites excluding steroid dienone is 2. The zero-order chi connectivity index (χ0) is 14.1. The molecule has 1 aromatic rings. The molecule has 0 N–H and O–H groups in total. The molecule has 1 aromatic carbocycles. The quantitative estimate of drug-likeness (QED) is 0.732. The van der Waals surface area contributed by atoms with E-state index < -0.39 is 17.3 Å². The van der Waals surface area contributed by atoms with Gasteiger partial charge in [-0.3, -0.25) is 0 Å². The van der Waals surface area contributed by atoms with Crippen LogP contribution in [0.25, 0.3) is 0 Å². The van der Waals surface area contributed by atoms with Gasteiger partial charge in [-0.05, 0) is 31.1 Å². The third-order valence-corrected chi connectivity index (χ3v) is 3.17. The number of alkyl halides is 3. The van der Waals surface area contributed by atoms with Crippen LogP contribution in [0, 0.1) is 12.8 Å². The molecule has 0 saturated carbocycles. The van der Waals surface area contributed by atoms with Gasteiger partial charge in [0, 0.05) is 12.7 Å². The molecule has 1 radical (unpaired) electrons. The van der Waals surface area contributed by atoms with E-state index in [1.807, 2.05) is 0 Å². The first-order chi connectivity index (χ1) is 8.89. The summed E-state index contributed by atoms with van der Waals surface area (Å²) in [7, 11) is 1.39. The molecule has 0 atom stereocenters. The average molecular weight is 267 g/mol. The molecule has 2 rings (SSSR count). The number of ether oxygens (including phenoxy) is 1. The zero-order valence-corrected chi connectivity index (χ0v) is 10.4. The van der Waals surface area contributed by atoms with Gasteiger partial charge in [-0.25, -0.2) is 0 Å². The molecule has 0 amide bonds. The van der Waals surface area contributed by atoms with Crippen LogP contribution in [0.4, 0.5) is 13.2 Å². The number of methoxy groups -OCH3 is 1. The fraction of sp³-hybridized carbons (Fsp3) is 0.267. The smallest absolute Gasteiger partial charge is 0.365 e. The summed E-state index contributed by atoms with van der Waals surface area (Å²) in [6, 6.07) is 5.44. The van der Waals surface area contributed by atoms with Crippen LogP contribution in [0.2, 0.25) is 0 Å². The molecule has 1 aliphatic rings. The topological polar surface area (TPSA) is 9.23 Å². The highest BCUT2D eigenvalue weighted by Crippen LogP contribution is 2.40. The molecule has 0 fully saturated rings. The number of hydrogen-bond acceptors (Lipinski definition) is 1. The van der Waals surface area contributed by atoms with E-state index in [1.165, 1.54) is 19.2 Å². The second kappa shape index (κ2) is 4.85. The summed E-state index contributed by atoms with van der Waals surface area (Å²) in [5.41, 5.74) is -1.78. The van der Waals surface area contributed by atoms with Gasteiger partial charge in [0.1, 0.15) is 5.60 Å². The lowest BCUT2D eigenvalue weighted by Gasteiger charge is -2.31. The summed E-state index contributed by atoms with van der Waals surface area (Å²) in [5, 5.41) is 0. The summed E-state index contributed by atoms with van der Waals surface area (Å²) in [6.07, 6.45) is 2.29. The third kappa shape index (κ3) is 2.59. The Bertz CT molecular complexity index is 500. The Kier molecular flexibility index (Phi) is 3.54. The summed E-state index contributed by atoms with van der Waals surface area (Å²) in [6.45, 7) is 3.81. The SMILES string of the molecule is [CH2]C1C=CC(OC)(c2ccccc2C(F)(F)F)C=C1. The van der Waals surface area contributed by atoms with Crippen LogP contribution >= 0.6 is 0 Å². The van der Waals surface area contributed by atoms with Crippen LogP contribution < -0.4 is 0 Å². The van der Waals surface area contributed by atoms with Crippen molar-refractivity contribution in [2.75, 3.05) is 7.11 Å². The maximum atomic E-state index is 13.1. The molecule has 0 unspecified atom stereocenters. The Hall–Kier alpha value is -1.55. The van der Waals surface area contributed by atoms with E-state index >= 15 is 0 Å². The van der Waals surface area contributed by atoms with Crippen LogP contribution in [0.1, 0.15) is 11.1 Å². The van der Waals surface area contributed by atoms with Crippen molar-refractivity contribution in [3.8, 4) is 0 Å². The van der Waals surface area contributed by atoms with E-state index in [1.54, 1.807) is 30.4 Å². The summed E-state index contributed by atoms with van der Waals surface area (Å²) in [4.78, 5) is 0. The second-order valence-electron chi connectivity index (χ2n) is 4.42. The second-order valence-corrected chi connectivity index (χ2v) is 4.42. The van der Waals surface area contributed by atoms with Crippen LogP contribution in [-0.2, 0) is 16.5 Å². The number of rotatable bonds is 2. The van der Waals surface area contributed by atoms with Crippen molar-refractivity contribution in [2.24, 2.45) is 5.92 Å². The number of benzene rings is 1. The summed E-state index contributed by atoms with van der Waals surface area (Å²) in [5.74, 6) is -0.0543. The lowest BCUT2D eigenvalue weighted by molar-refractivity contribution is -0.139. The third-order valence-electron chi connectivity index (χ3n) is 3.17. The van der Waals surface area contributed by atoms with Crippen LogP contribution in [0.3, 0.4) is 0 Å². The van der Waals surface area contributed by atoms with E-state index in [-0.39, 0.29) is 11.5 Å². The van der Waals surface area contributed by atoms with Crippen molar-refractivity contribution in [1.82, 2.24) is 0 Å². The average Bonchev–Trinajstić information content (AvgIpc) is 2.39. The molecule has 0 bridgehead atoms. The Labute approximate surface area is 110 Å². The molecule has 0 spiro atoms. The standard InChI is InChI=1S/C15H14F3O/c1-11-7-9-14(19-2,10-8-11)12-5-3-4-6-13(12)15(16,17)18/h3-11H,1H2,2H3. The lowest BCUT2D eigenvalue weighted by atomic mass is 9.84.